The molecule has 0 saturated carbocycles. The third kappa shape index (κ3) is 3.88. The van der Waals surface area contributed by atoms with Crippen LogP contribution in [0.4, 0.5) is 8.78 Å². The highest BCUT2D eigenvalue weighted by Gasteiger charge is 2.41. The van der Waals surface area contributed by atoms with Crippen LogP contribution in [0.3, 0.4) is 0 Å². The number of carbonyl (C=O) groups is 2. The molecule has 148 valence electrons. The number of hydrogen-bond acceptors (Lipinski definition) is 5. The molecule has 28 heavy (non-hydrogen) atoms. The van der Waals surface area contributed by atoms with E-state index < -0.39 is 29.6 Å². The number of nitriles is 1. The Morgan fingerprint density at radius 2 is 2.18 bits per heavy atom. The van der Waals surface area contributed by atoms with Crippen LogP contribution >= 0.6 is 0 Å². The number of nitrogens with zero attached hydrogens (tertiary/aromatic N) is 1. The molecular formula is C19H21F2N5O2. The number of fused-ring (bicyclic) bond motifs is 1. The fraction of sp³-hybridized carbons (Fsp3) is 0.421. The van der Waals surface area contributed by atoms with E-state index in [2.05, 4.69) is 27.6 Å². The van der Waals surface area contributed by atoms with Crippen LogP contribution in [0.1, 0.15) is 31.9 Å². The average Bonchev–Trinajstić information content (AvgIpc) is 2.64. The second-order valence-corrected chi connectivity index (χ2v) is 7.03. The summed E-state index contributed by atoms with van der Waals surface area (Å²) in [6.07, 6.45) is -0.195. The SMILES string of the molecule is CC1=C(CC(=O)N[C@@H](C)c2ccc(F)cc2F)C(=O)NC2CNNC(C#N)C12. The van der Waals surface area contributed by atoms with Crippen molar-refractivity contribution in [1.29, 1.82) is 5.26 Å². The topological polar surface area (TPSA) is 106 Å². The van der Waals surface area contributed by atoms with Gasteiger partial charge in [0.05, 0.1) is 24.6 Å². The molecule has 4 N–H and O–H groups in total. The van der Waals surface area contributed by atoms with Gasteiger partial charge in [0, 0.05) is 29.7 Å². The van der Waals surface area contributed by atoms with Crippen molar-refractivity contribution < 1.29 is 18.4 Å². The first-order valence-electron chi connectivity index (χ1n) is 8.94. The van der Waals surface area contributed by atoms with Crippen molar-refractivity contribution >= 4 is 11.8 Å². The Hall–Kier alpha value is -2.83. The summed E-state index contributed by atoms with van der Waals surface area (Å²) in [7, 11) is 0. The number of carbonyl (C=O) groups excluding carboxylic acids is 2. The van der Waals surface area contributed by atoms with Gasteiger partial charge >= 0.3 is 0 Å². The highest BCUT2D eigenvalue weighted by Crippen LogP contribution is 2.30. The molecule has 1 fully saturated rings. The summed E-state index contributed by atoms with van der Waals surface area (Å²) in [6.45, 7) is 3.79. The number of nitrogens with one attached hydrogen (secondary N) is 4. The minimum Gasteiger partial charge on any atom is -0.349 e. The molecule has 4 atom stereocenters. The average molecular weight is 389 g/mol. The van der Waals surface area contributed by atoms with Gasteiger partial charge in [-0.15, -0.1) is 0 Å². The molecular weight excluding hydrogens is 368 g/mol. The molecule has 1 saturated heterocycles. The lowest BCUT2D eigenvalue weighted by Crippen LogP contribution is -2.64. The standard InChI is InChI=1S/C19H21F2N5O2/c1-9-13(19(28)25-16-8-23-26-15(7-22)18(9)16)6-17(27)24-10(2)12-4-3-11(20)5-14(12)21/h3-5,10,15-16,18,23,26H,6,8H2,1-2H3,(H,24,27)(H,25,28)/t10-,15?,16?,18?/m0/s1. The maximum atomic E-state index is 13.9. The van der Waals surface area contributed by atoms with Gasteiger partial charge in [-0.25, -0.2) is 14.2 Å². The van der Waals surface area contributed by atoms with E-state index in [1.807, 2.05) is 0 Å². The van der Waals surface area contributed by atoms with Crippen molar-refractivity contribution in [3.05, 3.63) is 46.5 Å². The second kappa shape index (κ2) is 8.04. The van der Waals surface area contributed by atoms with Crippen molar-refractivity contribution in [3.8, 4) is 6.07 Å². The first-order chi connectivity index (χ1) is 13.3. The first kappa shape index (κ1) is 19.9. The highest BCUT2D eigenvalue weighted by atomic mass is 19.1. The molecule has 2 aliphatic heterocycles. The van der Waals surface area contributed by atoms with Gasteiger partial charge in [0.15, 0.2) is 0 Å². The van der Waals surface area contributed by atoms with Gasteiger partial charge in [0.2, 0.25) is 11.8 Å². The highest BCUT2D eigenvalue weighted by molar-refractivity contribution is 6.00. The van der Waals surface area contributed by atoms with Gasteiger partial charge in [-0.2, -0.15) is 5.26 Å². The first-order valence-corrected chi connectivity index (χ1v) is 8.94. The number of amides is 2. The van der Waals surface area contributed by atoms with E-state index in [-0.39, 0.29) is 29.9 Å². The molecule has 7 nitrogen and oxygen atoms in total. The molecule has 0 aliphatic carbocycles. The number of benzene rings is 1. The van der Waals surface area contributed by atoms with Gasteiger partial charge in [-0.05, 0) is 19.9 Å². The van der Waals surface area contributed by atoms with Crippen LogP contribution < -0.4 is 21.5 Å². The largest absolute Gasteiger partial charge is 0.349 e. The Balaban J connectivity index is 1.75. The van der Waals surface area contributed by atoms with Crippen molar-refractivity contribution in [2.45, 2.75) is 38.4 Å². The zero-order chi connectivity index (χ0) is 20.4. The molecule has 2 amide bonds. The molecule has 0 spiro atoms. The van der Waals surface area contributed by atoms with Crippen LogP contribution in [-0.4, -0.2) is 30.4 Å². The lowest BCUT2D eigenvalue weighted by atomic mass is 9.79. The zero-order valence-electron chi connectivity index (χ0n) is 15.5. The Labute approximate surface area is 161 Å². The van der Waals surface area contributed by atoms with E-state index in [1.54, 1.807) is 13.8 Å². The molecule has 9 heteroatoms. The predicted octanol–water partition coefficient (Wildman–Crippen LogP) is 0.963. The molecule has 1 aromatic carbocycles. The lowest BCUT2D eigenvalue weighted by Gasteiger charge is -2.41. The monoisotopic (exact) mass is 389 g/mol. The molecule has 2 heterocycles. The Kier molecular flexibility index (Phi) is 5.72. The summed E-state index contributed by atoms with van der Waals surface area (Å²) >= 11 is 0. The van der Waals surface area contributed by atoms with E-state index >= 15 is 0 Å². The van der Waals surface area contributed by atoms with Gasteiger partial charge < -0.3 is 10.6 Å². The van der Waals surface area contributed by atoms with Crippen LogP contribution in [0.2, 0.25) is 0 Å². The van der Waals surface area contributed by atoms with Crippen LogP contribution in [0, 0.1) is 28.9 Å². The number of hydrazine groups is 1. The minimum absolute atomic E-state index is 0.153. The van der Waals surface area contributed by atoms with E-state index in [1.165, 1.54) is 6.07 Å². The van der Waals surface area contributed by atoms with Crippen LogP contribution in [-0.2, 0) is 9.59 Å². The quantitative estimate of drug-likeness (QED) is 0.614. The summed E-state index contributed by atoms with van der Waals surface area (Å²) in [6, 6.07) is 3.83. The van der Waals surface area contributed by atoms with E-state index in [0.717, 1.165) is 12.1 Å². The van der Waals surface area contributed by atoms with Crippen molar-refractivity contribution in [2.24, 2.45) is 5.92 Å². The van der Waals surface area contributed by atoms with Crippen molar-refractivity contribution in [3.63, 3.8) is 0 Å². The Morgan fingerprint density at radius 3 is 2.86 bits per heavy atom. The zero-order valence-corrected chi connectivity index (χ0v) is 15.5. The smallest absolute Gasteiger partial charge is 0.247 e. The Morgan fingerprint density at radius 1 is 1.43 bits per heavy atom. The van der Waals surface area contributed by atoms with Gasteiger partial charge in [0.1, 0.15) is 17.7 Å². The van der Waals surface area contributed by atoms with Gasteiger partial charge in [0.25, 0.3) is 0 Å². The summed E-state index contributed by atoms with van der Waals surface area (Å²) < 4.78 is 26.9. The fourth-order valence-electron chi connectivity index (χ4n) is 3.77. The molecule has 0 bridgehead atoms. The van der Waals surface area contributed by atoms with Gasteiger partial charge in [-0.3, -0.25) is 15.0 Å². The second-order valence-electron chi connectivity index (χ2n) is 7.03. The Bertz CT molecular complexity index is 880. The molecule has 3 unspecified atom stereocenters. The summed E-state index contributed by atoms with van der Waals surface area (Å²) in [5.41, 5.74) is 6.91. The summed E-state index contributed by atoms with van der Waals surface area (Å²) in [5.74, 6) is -2.51. The van der Waals surface area contributed by atoms with E-state index in [9.17, 15) is 23.6 Å². The third-order valence-electron chi connectivity index (χ3n) is 5.22. The number of hydrogen-bond donors (Lipinski definition) is 4. The number of rotatable bonds is 4. The van der Waals surface area contributed by atoms with Crippen LogP contribution in [0.25, 0.3) is 0 Å². The van der Waals surface area contributed by atoms with Crippen LogP contribution in [0.15, 0.2) is 29.3 Å². The van der Waals surface area contributed by atoms with Crippen molar-refractivity contribution in [1.82, 2.24) is 21.5 Å². The lowest BCUT2D eigenvalue weighted by molar-refractivity contribution is -0.124. The van der Waals surface area contributed by atoms with Gasteiger partial charge in [-0.1, -0.05) is 11.6 Å². The normalized spacial score (nSPS) is 25.4. The molecule has 0 radical (unpaired) electrons. The van der Waals surface area contributed by atoms with Crippen molar-refractivity contribution in [2.75, 3.05) is 6.54 Å². The van der Waals surface area contributed by atoms with E-state index in [4.69, 9.17) is 0 Å². The molecule has 1 aromatic rings. The molecule has 3 rings (SSSR count). The summed E-state index contributed by atoms with van der Waals surface area (Å²) in [5, 5.41) is 14.8. The minimum atomic E-state index is -0.751. The molecule has 0 aromatic heterocycles. The van der Waals surface area contributed by atoms with E-state index in [0.29, 0.717) is 17.7 Å². The predicted molar refractivity (Wildman–Crippen MR) is 96.2 cm³/mol. The molecule has 2 aliphatic rings. The third-order valence-corrected chi connectivity index (χ3v) is 5.22. The summed E-state index contributed by atoms with van der Waals surface area (Å²) in [4.78, 5) is 24.9. The fourth-order valence-corrected chi connectivity index (χ4v) is 3.77. The van der Waals surface area contributed by atoms with Crippen LogP contribution in [0.5, 0.6) is 0 Å². The maximum absolute atomic E-state index is 13.9. The maximum Gasteiger partial charge on any atom is 0.247 e. The number of halogens is 2.